The molecule has 9 heteroatoms. The predicted molar refractivity (Wildman–Crippen MR) is 102 cm³/mol. The van der Waals surface area contributed by atoms with Crippen molar-refractivity contribution in [3.05, 3.63) is 29.8 Å². The molecule has 2 atom stereocenters. The van der Waals surface area contributed by atoms with Crippen LogP contribution in [-0.2, 0) is 14.6 Å². The quantitative estimate of drug-likeness (QED) is 0.778. The molecular formula is C17H22N4O3S2. The van der Waals surface area contributed by atoms with Gasteiger partial charge >= 0.3 is 0 Å². The number of hydrogen-bond donors (Lipinski definition) is 1. The summed E-state index contributed by atoms with van der Waals surface area (Å²) in [5.41, 5.74) is 2.10. The number of nitrogens with zero attached hydrogens (tertiary/aromatic N) is 3. The summed E-state index contributed by atoms with van der Waals surface area (Å²) in [7, 11) is -1.35. The van der Waals surface area contributed by atoms with E-state index in [1.54, 1.807) is 18.9 Å². The van der Waals surface area contributed by atoms with Gasteiger partial charge in [0.05, 0.1) is 16.8 Å². The number of sulfone groups is 1. The van der Waals surface area contributed by atoms with E-state index in [0.717, 1.165) is 5.56 Å². The zero-order valence-electron chi connectivity index (χ0n) is 15.0. The maximum atomic E-state index is 12.6. The van der Waals surface area contributed by atoms with Crippen molar-refractivity contribution < 1.29 is 13.2 Å². The number of thioether (sulfide) groups is 1. The van der Waals surface area contributed by atoms with Crippen molar-refractivity contribution in [2.45, 2.75) is 36.7 Å². The van der Waals surface area contributed by atoms with Crippen molar-refractivity contribution in [1.29, 1.82) is 0 Å². The Morgan fingerprint density at radius 2 is 2.04 bits per heavy atom. The van der Waals surface area contributed by atoms with Crippen molar-refractivity contribution in [1.82, 2.24) is 20.1 Å². The van der Waals surface area contributed by atoms with E-state index in [0.29, 0.717) is 17.4 Å². The number of rotatable bonds is 5. The molecule has 1 aromatic carbocycles. The van der Waals surface area contributed by atoms with Crippen molar-refractivity contribution in [2.75, 3.05) is 18.6 Å². The molecule has 0 radical (unpaired) electrons. The molecule has 0 aliphatic carbocycles. The van der Waals surface area contributed by atoms with Crippen LogP contribution in [0.2, 0.25) is 0 Å². The SMILES string of the molecule is Cc1ccc(-c2nc(S[C@@H](C)C(=O)N(C)[C@H]3CCS(=O)(=O)C3)n[nH]2)cc1. The van der Waals surface area contributed by atoms with Gasteiger partial charge in [-0.15, -0.1) is 5.10 Å². The third-order valence-electron chi connectivity index (χ3n) is 4.52. The van der Waals surface area contributed by atoms with Gasteiger partial charge in [0.2, 0.25) is 11.1 Å². The number of carbonyl (C=O) groups is 1. The fraction of sp³-hybridized carbons (Fsp3) is 0.471. The molecule has 26 heavy (non-hydrogen) atoms. The summed E-state index contributed by atoms with van der Waals surface area (Å²) >= 11 is 1.26. The van der Waals surface area contributed by atoms with Gasteiger partial charge in [0, 0.05) is 18.7 Å². The third-order valence-corrected chi connectivity index (χ3v) is 7.22. The molecule has 0 spiro atoms. The Hall–Kier alpha value is -1.87. The maximum Gasteiger partial charge on any atom is 0.235 e. The number of H-pyrrole nitrogens is 1. The van der Waals surface area contributed by atoms with E-state index in [9.17, 15) is 13.2 Å². The first-order chi connectivity index (χ1) is 12.2. The Morgan fingerprint density at radius 3 is 2.65 bits per heavy atom. The van der Waals surface area contributed by atoms with Crippen LogP contribution in [0.15, 0.2) is 29.4 Å². The predicted octanol–water partition coefficient (Wildman–Crippen LogP) is 1.91. The molecule has 1 aliphatic heterocycles. The lowest BCUT2D eigenvalue weighted by Gasteiger charge is -2.25. The van der Waals surface area contributed by atoms with E-state index in [2.05, 4.69) is 15.2 Å². The lowest BCUT2D eigenvalue weighted by molar-refractivity contribution is -0.130. The largest absolute Gasteiger partial charge is 0.341 e. The molecule has 1 amide bonds. The van der Waals surface area contributed by atoms with E-state index in [-0.39, 0.29) is 23.5 Å². The van der Waals surface area contributed by atoms with Crippen molar-refractivity contribution in [3.63, 3.8) is 0 Å². The minimum absolute atomic E-state index is 0.0465. The molecule has 1 saturated heterocycles. The van der Waals surface area contributed by atoms with Crippen LogP contribution < -0.4 is 0 Å². The van der Waals surface area contributed by atoms with Crippen molar-refractivity contribution >= 4 is 27.5 Å². The summed E-state index contributed by atoms with van der Waals surface area (Å²) < 4.78 is 23.2. The normalized spacial score (nSPS) is 20.0. The number of benzene rings is 1. The number of nitrogens with one attached hydrogen (secondary N) is 1. The lowest BCUT2D eigenvalue weighted by atomic mass is 10.1. The first-order valence-corrected chi connectivity index (χ1v) is 11.1. The molecule has 7 nitrogen and oxygen atoms in total. The number of aromatic amines is 1. The molecule has 0 bridgehead atoms. The summed E-state index contributed by atoms with van der Waals surface area (Å²) in [6.45, 7) is 3.81. The van der Waals surface area contributed by atoms with Gasteiger partial charge in [0.15, 0.2) is 15.7 Å². The topological polar surface area (TPSA) is 96.0 Å². The number of hydrogen-bond acceptors (Lipinski definition) is 6. The molecule has 1 aliphatic rings. The summed E-state index contributed by atoms with van der Waals surface area (Å²) in [6, 6.07) is 7.69. The second kappa shape index (κ2) is 7.40. The average Bonchev–Trinajstić information content (AvgIpc) is 3.20. The third kappa shape index (κ3) is 4.27. The van der Waals surface area contributed by atoms with Crippen LogP contribution in [0.1, 0.15) is 18.9 Å². The molecule has 1 aromatic heterocycles. The van der Waals surface area contributed by atoms with Gasteiger partial charge in [-0.25, -0.2) is 13.4 Å². The number of aryl methyl sites for hydroxylation is 1. The van der Waals surface area contributed by atoms with Crippen molar-refractivity contribution in [2.24, 2.45) is 0 Å². The van der Waals surface area contributed by atoms with Crippen LogP contribution >= 0.6 is 11.8 Å². The number of amides is 1. The van der Waals surface area contributed by atoms with Gasteiger partial charge in [0.1, 0.15) is 0 Å². The monoisotopic (exact) mass is 394 g/mol. The first kappa shape index (κ1) is 18.9. The Balaban J connectivity index is 1.63. The smallest absolute Gasteiger partial charge is 0.235 e. The fourth-order valence-corrected chi connectivity index (χ4v) is 5.50. The molecule has 0 saturated carbocycles. The second-order valence-electron chi connectivity index (χ2n) is 6.60. The van der Waals surface area contributed by atoms with Gasteiger partial charge < -0.3 is 4.90 Å². The second-order valence-corrected chi connectivity index (χ2v) is 10.1. The average molecular weight is 395 g/mol. The minimum atomic E-state index is -3.02. The summed E-state index contributed by atoms with van der Waals surface area (Å²) in [4.78, 5) is 18.6. The van der Waals surface area contributed by atoms with E-state index in [1.807, 2.05) is 31.2 Å². The summed E-state index contributed by atoms with van der Waals surface area (Å²) in [6.07, 6.45) is 0.500. The highest BCUT2D eigenvalue weighted by atomic mass is 32.2. The van der Waals surface area contributed by atoms with E-state index in [1.165, 1.54) is 17.3 Å². The minimum Gasteiger partial charge on any atom is -0.341 e. The molecule has 140 valence electrons. The molecular weight excluding hydrogens is 372 g/mol. The zero-order valence-corrected chi connectivity index (χ0v) is 16.6. The van der Waals surface area contributed by atoms with Crippen LogP contribution in [0.25, 0.3) is 11.4 Å². The van der Waals surface area contributed by atoms with Gasteiger partial charge in [0.25, 0.3) is 0 Å². The molecule has 1 fully saturated rings. The van der Waals surface area contributed by atoms with E-state index < -0.39 is 15.1 Å². The van der Waals surface area contributed by atoms with Crippen LogP contribution in [0.4, 0.5) is 0 Å². The first-order valence-electron chi connectivity index (χ1n) is 8.38. The Labute approximate surface area is 157 Å². The molecule has 0 unspecified atom stereocenters. The van der Waals surface area contributed by atoms with E-state index in [4.69, 9.17) is 0 Å². The molecule has 2 aromatic rings. The van der Waals surface area contributed by atoms with Gasteiger partial charge in [-0.2, -0.15) is 0 Å². The standard InChI is InChI=1S/C17H22N4O3S2/c1-11-4-6-13(7-5-11)15-18-17(20-19-15)25-12(2)16(22)21(3)14-8-9-26(23,24)10-14/h4-7,12,14H,8-10H2,1-3H3,(H,18,19,20)/t12-,14-/m0/s1. The number of carbonyl (C=O) groups excluding carboxylic acids is 1. The van der Waals surface area contributed by atoms with Gasteiger partial charge in [-0.05, 0) is 20.3 Å². The van der Waals surface area contributed by atoms with Crippen LogP contribution in [0.3, 0.4) is 0 Å². The molecule has 3 rings (SSSR count). The summed E-state index contributed by atoms with van der Waals surface area (Å²) in [5, 5.41) is 7.17. The molecule has 1 N–H and O–H groups in total. The van der Waals surface area contributed by atoms with Gasteiger partial charge in [-0.3, -0.25) is 9.89 Å². The van der Waals surface area contributed by atoms with Crippen molar-refractivity contribution in [3.8, 4) is 11.4 Å². The maximum absolute atomic E-state index is 12.6. The Kier molecular flexibility index (Phi) is 5.38. The zero-order chi connectivity index (χ0) is 18.9. The highest BCUT2D eigenvalue weighted by molar-refractivity contribution is 8.00. The number of aromatic nitrogens is 3. The van der Waals surface area contributed by atoms with Crippen LogP contribution in [-0.4, -0.2) is 64.3 Å². The van der Waals surface area contributed by atoms with Crippen LogP contribution in [0, 0.1) is 6.92 Å². The van der Waals surface area contributed by atoms with Crippen LogP contribution in [0.5, 0.6) is 0 Å². The molecule has 2 heterocycles. The lowest BCUT2D eigenvalue weighted by Crippen LogP contribution is -2.41. The fourth-order valence-electron chi connectivity index (χ4n) is 2.90. The van der Waals surface area contributed by atoms with Gasteiger partial charge in [-0.1, -0.05) is 41.6 Å². The Bertz CT molecular complexity index is 893. The Morgan fingerprint density at radius 1 is 1.35 bits per heavy atom. The highest BCUT2D eigenvalue weighted by Gasteiger charge is 2.34. The van der Waals surface area contributed by atoms with E-state index >= 15 is 0 Å². The highest BCUT2D eigenvalue weighted by Crippen LogP contribution is 2.25. The summed E-state index contributed by atoms with van der Waals surface area (Å²) in [5.74, 6) is 0.740.